The van der Waals surface area contributed by atoms with Crippen LogP contribution in [0.15, 0.2) is 6.07 Å². The molecule has 5 nitrogen and oxygen atoms in total. The third kappa shape index (κ3) is 1.35. The third-order valence-electron chi connectivity index (χ3n) is 1.57. The Morgan fingerprint density at radius 1 is 1.31 bits per heavy atom. The van der Waals surface area contributed by atoms with Crippen LogP contribution in [-0.4, -0.2) is 28.7 Å². The second kappa shape index (κ2) is 3.22. The fourth-order valence-corrected chi connectivity index (χ4v) is 0.938. The summed E-state index contributed by atoms with van der Waals surface area (Å²) in [5, 5.41) is 27.5. The lowest BCUT2D eigenvalue weighted by Gasteiger charge is -2.08. The molecule has 70 valence electrons. The number of hydrogen-bond acceptors (Lipinski definition) is 5. The van der Waals surface area contributed by atoms with E-state index in [-0.39, 0.29) is 11.3 Å². The van der Waals surface area contributed by atoms with Crippen LogP contribution in [0.5, 0.6) is 23.0 Å². The lowest BCUT2D eigenvalue weighted by Crippen LogP contribution is -1.88. The van der Waals surface area contributed by atoms with Gasteiger partial charge in [-0.25, -0.2) is 0 Å². The summed E-state index contributed by atoms with van der Waals surface area (Å²) >= 11 is 0. The predicted octanol–water partition coefficient (Wildman–Crippen LogP) is 0.624. The van der Waals surface area contributed by atoms with Crippen molar-refractivity contribution < 1.29 is 24.9 Å². The molecule has 13 heavy (non-hydrogen) atoms. The van der Waals surface area contributed by atoms with Crippen LogP contribution in [0, 0.1) is 0 Å². The van der Waals surface area contributed by atoms with E-state index < -0.39 is 17.2 Å². The van der Waals surface area contributed by atoms with Crippen LogP contribution < -0.4 is 4.74 Å². The van der Waals surface area contributed by atoms with Crippen LogP contribution in [-0.2, 0) is 0 Å². The van der Waals surface area contributed by atoms with E-state index in [1.807, 2.05) is 0 Å². The summed E-state index contributed by atoms with van der Waals surface area (Å²) in [7, 11) is 1.22. The first-order valence-electron chi connectivity index (χ1n) is 3.38. The fourth-order valence-electron chi connectivity index (χ4n) is 0.938. The molecular weight excluding hydrogens is 176 g/mol. The number of aldehydes is 1. The number of carbonyl (C=O) groups is 1. The van der Waals surface area contributed by atoms with E-state index in [1.54, 1.807) is 0 Å². The highest BCUT2D eigenvalue weighted by Gasteiger charge is 2.16. The van der Waals surface area contributed by atoms with E-state index in [9.17, 15) is 15.0 Å². The quantitative estimate of drug-likeness (QED) is 0.356. The van der Waals surface area contributed by atoms with E-state index in [0.717, 1.165) is 6.07 Å². The standard InChI is InChI=1S/C8H8O5/c1-13-8-5(10)2-4(3-9)6(11)7(8)12/h2-3,10-12H,1H3. The Hall–Kier alpha value is -1.91. The van der Waals surface area contributed by atoms with Gasteiger partial charge in [0.1, 0.15) is 0 Å². The highest BCUT2D eigenvalue weighted by molar-refractivity contribution is 5.83. The van der Waals surface area contributed by atoms with Crippen LogP contribution in [0.2, 0.25) is 0 Å². The summed E-state index contributed by atoms with van der Waals surface area (Å²) in [5.41, 5.74) is -0.198. The lowest BCUT2D eigenvalue weighted by molar-refractivity contribution is 0.111. The zero-order valence-corrected chi connectivity index (χ0v) is 6.81. The lowest BCUT2D eigenvalue weighted by atomic mass is 10.2. The molecule has 1 aromatic carbocycles. The number of methoxy groups -OCH3 is 1. The zero-order valence-electron chi connectivity index (χ0n) is 6.81. The van der Waals surface area contributed by atoms with Crippen LogP contribution in [0.1, 0.15) is 10.4 Å². The number of phenolic OH excluding ortho intramolecular Hbond substituents is 3. The van der Waals surface area contributed by atoms with Gasteiger partial charge >= 0.3 is 0 Å². The second-order valence-corrected chi connectivity index (χ2v) is 2.33. The highest BCUT2D eigenvalue weighted by Crippen LogP contribution is 2.43. The van der Waals surface area contributed by atoms with Gasteiger partial charge in [0, 0.05) is 0 Å². The van der Waals surface area contributed by atoms with Gasteiger partial charge in [0.15, 0.2) is 17.8 Å². The number of phenols is 3. The Bertz CT molecular complexity index is 345. The number of hydrogen-bond donors (Lipinski definition) is 3. The molecule has 5 heteroatoms. The molecule has 0 heterocycles. The van der Waals surface area contributed by atoms with Crippen molar-refractivity contribution >= 4 is 6.29 Å². The normalized spacial score (nSPS) is 9.62. The molecule has 1 aromatic rings. The molecule has 0 fully saturated rings. The van der Waals surface area contributed by atoms with Gasteiger partial charge in [-0.3, -0.25) is 4.79 Å². The average molecular weight is 184 g/mol. The van der Waals surface area contributed by atoms with Crippen molar-refractivity contribution in [3.05, 3.63) is 11.6 Å². The fraction of sp³-hybridized carbons (Fsp3) is 0.125. The topological polar surface area (TPSA) is 87.0 Å². The van der Waals surface area contributed by atoms with E-state index in [1.165, 1.54) is 7.11 Å². The number of aromatic hydroxyl groups is 3. The van der Waals surface area contributed by atoms with E-state index in [0.29, 0.717) is 6.29 Å². The maximum Gasteiger partial charge on any atom is 0.206 e. The summed E-state index contributed by atoms with van der Waals surface area (Å²) < 4.78 is 4.58. The van der Waals surface area contributed by atoms with E-state index >= 15 is 0 Å². The van der Waals surface area contributed by atoms with Crippen molar-refractivity contribution in [2.45, 2.75) is 0 Å². The van der Waals surface area contributed by atoms with Gasteiger partial charge in [0.05, 0.1) is 12.7 Å². The molecule has 0 aliphatic carbocycles. The molecule has 0 saturated heterocycles. The minimum Gasteiger partial charge on any atom is -0.504 e. The number of rotatable bonds is 2. The molecule has 0 bridgehead atoms. The number of carbonyl (C=O) groups excluding carboxylic acids is 1. The molecule has 0 aliphatic rings. The molecule has 0 radical (unpaired) electrons. The van der Waals surface area contributed by atoms with Gasteiger partial charge in [0.25, 0.3) is 0 Å². The smallest absolute Gasteiger partial charge is 0.206 e. The van der Waals surface area contributed by atoms with Gasteiger partial charge in [-0.15, -0.1) is 0 Å². The first kappa shape index (κ1) is 9.18. The summed E-state index contributed by atoms with van der Waals surface area (Å²) in [6, 6.07) is 1.00. The largest absolute Gasteiger partial charge is 0.504 e. The monoisotopic (exact) mass is 184 g/mol. The molecule has 0 aromatic heterocycles. The van der Waals surface area contributed by atoms with Crippen LogP contribution in [0.3, 0.4) is 0 Å². The molecule has 3 N–H and O–H groups in total. The van der Waals surface area contributed by atoms with Crippen molar-refractivity contribution in [2.24, 2.45) is 0 Å². The van der Waals surface area contributed by atoms with E-state index in [4.69, 9.17) is 5.11 Å². The maximum atomic E-state index is 10.3. The molecule has 0 saturated carbocycles. The first-order chi connectivity index (χ1) is 6.11. The highest BCUT2D eigenvalue weighted by atomic mass is 16.5. The summed E-state index contributed by atoms with van der Waals surface area (Å²) in [6.07, 6.45) is 0.314. The Morgan fingerprint density at radius 3 is 2.38 bits per heavy atom. The Kier molecular flexibility index (Phi) is 2.27. The molecule has 0 spiro atoms. The second-order valence-electron chi connectivity index (χ2n) is 2.33. The maximum absolute atomic E-state index is 10.3. The Labute approximate surface area is 73.8 Å². The van der Waals surface area contributed by atoms with Gasteiger partial charge in [-0.05, 0) is 6.07 Å². The molecular formula is C8H8O5. The van der Waals surface area contributed by atoms with E-state index in [2.05, 4.69) is 4.74 Å². The Balaban J connectivity index is 3.45. The average Bonchev–Trinajstić information content (AvgIpc) is 2.12. The zero-order chi connectivity index (χ0) is 10.0. The van der Waals surface area contributed by atoms with Crippen LogP contribution in [0.4, 0.5) is 0 Å². The summed E-state index contributed by atoms with van der Waals surface area (Å²) in [4.78, 5) is 10.3. The van der Waals surface area contributed by atoms with Gasteiger partial charge in [-0.2, -0.15) is 0 Å². The molecule has 0 unspecified atom stereocenters. The minimum atomic E-state index is -0.649. The summed E-state index contributed by atoms with van der Waals surface area (Å²) in [6.45, 7) is 0. The number of ether oxygens (including phenoxy) is 1. The molecule has 0 amide bonds. The third-order valence-corrected chi connectivity index (χ3v) is 1.57. The molecule has 0 atom stereocenters. The SMILES string of the molecule is COc1c(O)cc(C=O)c(O)c1O. The van der Waals surface area contributed by atoms with Crippen molar-refractivity contribution in [2.75, 3.05) is 7.11 Å². The van der Waals surface area contributed by atoms with Crippen molar-refractivity contribution in [3.63, 3.8) is 0 Å². The Morgan fingerprint density at radius 2 is 1.92 bits per heavy atom. The van der Waals surface area contributed by atoms with Gasteiger partial charge in [-0.1, -0.05) is 0 Å². The van der Waals surface area contributed by atoms with Crippen molar-refractivity contribution in [3.8, 4) is 23.0 Å². The molecule has 1 rings (SSSR count). The van der Waals surface area contributed by atoms with Crippen LogP contribution in [0.25, 0.3) is 0 Å². The molecule has 0 aliphatic heterocycles. The number of benzene rings is 1. The van der Waals surface area contributed by atoms with Crippen molar-refractivity contribution in [1.82, 2.24) is 0 Å². The van der Waals surface area contributed by atoms with Crippen LogP contribution >= 0.6 is 0 Å². The minimum absolute atomic E-state index is 0.198. The predicted molar refractivity (Wildman–Crippen MR) is 43.4 cm³/mol. The summed E-state index contributed by atoms with van der Waals surface area (Å²) in [5.74, 6) is -1.92. The van der Waals surface area contributed by atoms with Crippen molar-refractivity contribution in [1.29, 1.82) is 0 Å². The first-order valence-corrected chi connectivity index (χ1v) is 3.38. The van der Waals surface area contributed by atoms with Gasteiger partial charge < -0.3 is 20.1 Å². The van der Waals surface area contributed by atoms with Gasteiger partial charge in [0.2, 0.25) is 11.5 Å².